The third-order valence-electron chi connectivity index (χ3n) is 3.75. The highest BCUT2D eigenvalue weighted by Crippen LogP contribution is 2.19. The van der Waals surface area contributed by atoms with E-state index >= 15 is 0 Å². The molecule has 0 saturated heterocycles. The Morgan fingerprint density at radius 1 is 1.14 bits per heavy atom. The maximum absolute atomic E-state index is 13.0. The molecule has 0 unspecified atom stereocenters. The van der Waals surface area contributed by atoms with Crippen LogP contribution < -0.4 is 10.6 Å². The SMILES string of the molecule is O=C(CCNc1ccc(F)c(F)c1)NCCC1=CCCCC1. The Morgan fingerprint density at radius 3 is 2.73 bits per heavy atom. The van der Waals surface area contributed by atoms with Gasteiger partial charge in [0, 0.05) is 25.2 Å². The summed E-state index contributed by atoms with van der Waals surface area (Å²) in [5.41, 5.74) is 1.91. The van der Waals surface area contributed by atoms with Crippen LogP contribution in [0, 0.1) is 11.6 Å². The minimum atomic E-state index is -0.893. The van der Waals surface area contributed by atoms with Gasteiger partial charge in [-0.1, -0.05) is 11.6 Å². The molecule has 0 bridgehead atoms. The summed E-state index contributed by atoms with van der Waals surface area (Å²) >= 11 is 0. The zero-order chi connectivity index (χ0) is 15.8. The third-order valence-corrected chi connectivity index (χ3v) is 3.75. The zero-order valence-corrected chi connectivity index (χ0v) is 12.6. The predicted octanol–water partition coefficient (Wildman–Crippen LogP) is 3.77. The standard InChI is InChI=1S/C17H22F2N2O/c18-15-7-6-14(12-16(15)19)20-11-9-17(22)21-10-8-13-4-2-1-3-5-13/h4,6-7,12,20H,1-3,5,8-11H2,(H,21,22). The average molecular weight is 308 g/mol. The van der Waals surface area contributed by atoms with Crippen LogP contribution in [-0.4, -0.2) is 19.0 Å². The van der Waals surface area contributed by atoms with Crippen molar-refractivity contribution in [1.29, 1.82) is 0 Å². The molecular formula is C17H22F2N2O. The molecule has 2 rings (SSSR count). The van der Waals surface area contributed by atoms with Crippen molar-refractivity contribution in [1.82, 2.24) is 5.32 Å². The molecule has 0 saturated carbocycles. The highest BCUT2D eigenvalue weighted by molar-refractivity contribution is 5.76. The van der Waals surface area contributed by atoms with Gasteiger partial charge < -0.3 is 10.6 Å². The van der Waals surface area contributed by atoms with Gasteiger partial charge in [-0.2, -0.15) is 0 Å². The van der Waals surface area contributed by atoms with E-state index < -0.39 is 11.6 Å². The van der Waals surface area contributed by atoms with E-state index in [0.29, 0.717) is 25.2 Å². The van der Waals surface area contributed by atoms with Crippen LogP contribution in [0.15, 0.2) is 29.8 Å². The topological polar surface area (TPSA) is 41.1 Å². The molecule has 1 aliphatic rings. The summed E-state index contributed by atoms with van der Waals surface area (Å²) < 4.78 is 25.8. The number of amides is 1. The number of hydrogen-bond donors (Lipinski definition) is 2. The number of benzene rings is 1. The van der Waals surface area contributed by atoms with Crippen LogP contribution in [0.4, 0.5) is 14.5 Å². The van der Waals surface area contributed by atoms with Gasteiger partial charge in [-0.3, -0.25) is 4.79 Å². The highest BCUT2D eigenvalue weighted by atomic mass is 19.2. The Labute approximate surface area is 129 Å². The minimum absolute atomic E-state index is 0.0357. The fraction of sp³-hybridized carbons (Fsp3) is 0.471. The van der Waals surface area contributed by atoms with Crippen molar-refractivity contribution in [3.8, 4) is 0 Å². The van der Waals surface area contributed by atoms with Gasteiger partial charge in [0.15, 0.2) is 11.6 Å². The number of halogens is 2. The molecule has 0 radical (unpaired) electrons. The quantitative estimate of drug-likeness (QED) is 0.753. The van der Waals surface area contributed by atoms with E-state index in [1.807, 2.05) is 0 Å². The van der Waals surface area contributed by atoms with E-state index in [1.165, 1.54) is 24.5 Å². The lowest BCUT2D eigenvalue weighted by molar-refractivity contribution is -0.120. The summed E-state index contributed by atoms with van der Waals surface area (Å²) in [5.74, 6) is -1.80. The Morgan fingerprint density at radius 2 is 2.00 bits per heavy atom. The van der Waals surface area contributed by atoms with Crippen molar-refractivity contribution in [3.05, 3.63) is 41.5 Å². The van der Waals surface area contributed by atoms with Crippen molar-refractivity contribution >= 4 is 11.6 Å². The molecule has 3 nitrogen and oxygen atoms in total. The Kier molecular flexibility index (Phi) is 6.37. The number of carbonyl (C=O) groups is 1. The molecule has 120 valence electrons. The summed E-state index contributed by atoms with van der Waals surface area (Å²) in [4.78, 5) is 11.7. The van der Waals surface area contributed by atoms with Crippen molar-refractivity contribution in [2.45, 2.75) is 38.5 Å². The third kappa shape index (κ3) is 5.47. The number of hydrogen-bond acceptors (Lipinski definition) is 2. The Hall–Kier alpha value is -1.91. The van der Waals surface area contributed by atoms with E-state index in [0.717, 1.165) is 31.4 Å². The minimum Gasteiger partial charge on any atom is -0.384 e. The largest absolute Gasteiger partial charge is 0.384 e. The van der Waals surface area contributed by atoms with Crippen LogP contribution in [0.1, 0.15) is 38.5 Å². The van der Waals surface area contributed by atoms with Gasteiger partial charge in [-0.25, -0.2) is 8.78 Å². The molecular weight excluding hydrogens is 286 g/mol. The van der Waals surface area contributed by atoms with Gasteiger partial charge in [0.05, 0.1) is 0 Å². The van der Waals surface area contributed by atoms with E-state index in [1.54, 1.807) is 0 Å². The lowest BCUT2D eigenvalue weighted by Gasteiger charge is -2.13. The van der Waals surface area contributed by atoms with Gasteiger partial charge in [0.25, 0.3) is 0 Å². The molecule has 0 aliphatic heterocycles. The first-order valence-corrected chi connectivity index (χ1v) is 7.78. The maximum Gasteiger partial charge on any atom is 0.221 e. The normalized spacial score (nSPS) is 14.4. The molecule has 22 heavy (non-hydrogen) atoms. The molecule has 1 aliphatic carbocycles. The second-order valence-corrected chi connectivity index (χ2v) is 5.51. The highest BCUT2D eigenvalue weighted by Gasteiger charge is 2.06. The van der Waals surface area contributed by atoms with E-state index in [9.17, 15) is 13.6 Å². The van der Waals surface area contributed by atoms with Crippen LogP contribution in [0.2, 0.25) is 0 Å². The van der Waals surface area contributed by atoms with Crippen molar-refractivity contribution < 1.29 is 13.6 Å². The van der Waals surface area contributed by atoms with Crippen LogP contribution in [-0.2, 0) is 4.79 Å². The summed E-state index contributed by atoms with van der Waals surface area (Å²) in [6.07, 6.45) is 8.32. The Bertz CT molecular complexity index is 543. The van der Waals surface area contributed by atoms with Gasteiger partial charge in [-0.05, 0) is 50.3 Å². The summed E-state index contributed by atoms with van der Waals surface area (Å²) in [6, 6.07) is 3.60. The zero-order valence-electron chi connectivity index (χ0n) is 12.6. The van der Waals surface area contributed by atoms with Crippen molar-refractivity contribution in [3.63, 3.8) is 0 Å². The number of rotatable bonds is 7. The lowest BCUT2D eigenvalue weighted by atomic mass is 9.97. The monoisotopic (exact) mass is 308 g/mol. The predicted molar refractivity (Wildman–Crippen MR) is 83.6 cm³/mol. The van der Waals surface area contributed by atoms with Crippen LogP contribution in [0.25, 0.3) is 0 Å². The second kappa shape index (κ2) is 8.51. The van der Waals surface area contributed by atoms with E-state index in [2.05, 4.69) is 16.7 Å². The molecule has 5 heteroatoms. The number of anilines is 1. The Balaban J connectivity index is 1.61. The van der Waals surface area contributed by atoms with Crippen LogP contribution in [0.3, 0.4) is 0 Å². The van der Waals surface area contributed by atoms with Gasteiger partial charge in [0.2, 0.25) is 5.91 Å². The molecule has 2 N–H and O–H groups in total. The first-order valence-electron chi connectivity index (χ1n) is 7.78. The number of carbonyl (C=O) groups excluding carboxylic acids is 1. The lowest BCUT2D eigenvalue weighted by Crippen LogP contribution is -2.26. The van der Waals surface area contributed by atoms with Gasteiger partial charge >= 0.3 is 0 Å². The molecule has 0 fully saturated rings. The maximum atomic E-state index is 13.0. The number of allylic oxidation sites excluding steroid dienone is 1. The molecule has 0 heterocycles. The first-order chi connectivity index (χ1) is 10.6. The summed E-state index contributed by atoms with van der Waals surface area (Å²) in [6.45, 7) is 1.05. The van der Waals surface area contributed by atoms with E-state index in [-0.39, 0.29) is 5.91 Å². The molecule has 1 aromatic rings. The van der Waals surface area contributed by atoms with E-state index in [4.69, 9.17) is 0 Å². The molecule has 1 aromatic carbocycles. The van der Waals surface area contributed by atoms with Crippen LogP contribution >= 0.6 is 0 Å². The smallest absolute Gasteiger partial charge is 0.221 e. The van der Waals surface area contributed by atoms with Gasteiger partial charge in [-0.15, -0.1) is 0 Å². The van der Waals surface area contributed by atoms with Gasteiger partial charge in [0.1, 0.15) is 0 Å². The first kappa shape index (κ1) is 16.5. The van der Waals surface area contributed by atoms with Crippen molar-refractivity contribution in [2.24, 2.45) is 0 Å². The molecule has 0 spiro atoms. The average Bonchev–Trinajstić information content (AvgIpc) is 2.52. The molecule has 1 amide bonds. The fourth-order valence-corrected chi connectivity index (χ4v) is 2.51. The second-order valence-electron chi connectivity index (χ2n) is 5.51. The summed E-state index contributed by atoms with van der Waals surface area (Å²) in [5, 5.41) is 5.79. The molecule has 0 aromatic heterocycles. The van der Waals surface area contributed by atoms with Crippen LogP contribution in [0.5, 0.6) is 0 Å². The molecule has 0 atom stereocenters. The van der Waals surface area contributed by atoms with Crippen molar-refractivity contribution in [2.75, 3.05) is 18.4 Å². The summed E-state index contributed by atoms with van der Waals surface area (Å²) in [7, 11) is 0. The number of nitrogens with one attached hydrogen (secondary N) is 2. The fourth-order valence-electron chi connectivity index (χ4n) is 2.51.